The number of benzene rings is 1. The fraction of sp³-hybridized carbons (Fsp3) is 0.154. The Balaban J connectivity index is 2.38. The lowest BCUT2D eigenvalue weighted by molar-refractivity contribution is -0.137. The van der Waals surface area contributed by atoms with Crippen LogP contribution in [0.5, 0.6) is 0 Å². The van der Waals surface area contributed by atoms with Gasteiger partial charge >= 0.3 is 5.97 Å². The maximum absolute atomic E-state index is 11.2. The van der Waals surface area contributed by atoms with Crippen LogP contribution < -0.4 is 0 Å². The van der Waals surface area contributed by atoms with E-state index in [-0.39, 0.29) is 0 Å². The van der Waals surface area contributed by atoms with E-state index in [2.05, 4.69) is 32.2 Å². The fourth-order valence-electron chi connectivity index (χ4n) is 1.61. The van der Waals surface area contributed by atoms with Gasteiger partial charge in [0.2, 0.25) is 0 Å². The maximum Gasteiger partial charge on any atom is 0.330 e. The molecule has 1 N–H and O–H groups in total. The van der Waals surface area contributed by atoms with Gasteiger partial charge in [-0.3, -0.25) is 5.10 Å². The number of hydrogen-bond donors (Lipinski definition) is 1. The maximum atomic E-state index is 11.2. The second kappa shape index (κ2) is 5.67. The van der Waals surface area contributed by atoms with E-state index in [1.165, 1.54) is 6.08 Å². The van der Waals surface area contributed by atoms with E-state index in [0.29, 0.717) is 22.3 Å². The van der Waals surface area contributed by atoms with E-state index in [1.807, 2.05) is 0 Å². The Morgan fingerprint density at radius 3 is 3.11 bits per heavy atom. The van der Waals surface area contributed by atoms with Gasteiger partial charge < -0.3 is 4.74 Å². The van der Waals surface area contributed by atoms with Crippen LogP contribution in [-0.4, -0.2) is 22.8 Å². The predicted octanol–water partition coefficient (Wildman–Crippen LogP) is 2.77. The van der Waals surface area contributed by atoms with Crippen molar-refractivity contribution in [3.63, 3.8) is 0 Å². The molecule has 0 amide bonds. The molecule has 0 unspecified atom stereocenters. The van der Waals surface area contributed by atoms with E-state index in [1.54, 1.807) is 25.1 Å². The molecule has 0 fully saturated rings. The van der Waals surface area contributed by atoms with Crippen molar-refractivity contribution in [2.24, 2.45) is 0 Å². The first kappa shape index (κ1) is 13.3. The van der Waals surface area contributed by atoms with Crippen LogP contribution in [0.2, 0.25) is 0 Å². The Labute approximate surface area is 118 Å². The van der Waals surface area contributed by atoms with Gasteiger partial charge in [0.05, 0.1) is 23.4 Å². The van der Waals surface area contributed by atoms with Crippen LogP contribution >= 0.6 is 15.9 Å². The third-order valence-electron chi connectivity index (χ3n) is 2.46. The summed E-state index contributed by atoms with van der Waals surface area (Å²) in [4.78, 5) is 11.2. The van der Waals surface area contributed by atoms with Crippen molar-refractivity contribution in [2.45, 2.75) is 6.92 Å². The highest BCUT2D eigenvalue weighted by molar-refractivity contribution is 9.10. The van der Waals surface area contributed by atoms with Crippen LogP contribution in [0.25, 0.3) is 17.0 Å². The van der Waals surface area contributed by atoms with Gasteiger partial charge in [0.15, 0.2) is 0 Å². The Morgan fingerprint density at radius 2 is 2.42 bits per heavy atom. The molecule has 1 heterocycles. The minimum absolute atomic E-state index is 0.335. The van der Waals surface area contributed by atoms with Gasteiger partial charge in [-0.25, -0.2) is 4.79 Å². The normalized spacial score (nSPS) is 10.8. The molecule has 0 saturated heterocycles. The van der Waals surface area contributed by atoms with Crippen LogP contribution in [0.15, 0.2) is 22.7 Å². The van der Waals surface area contributed by atoms with Crippen LogP contribution in [0.4, 0.5) is 0 Å². The summed E-state index contributed by atoms with van der Waals surface area (Å²) in [5, 5.41) is 16.7. The standard InChI is InChI=1S/C13H10BrN3O2/c1-2-19-13(18)4-3-11-9-6-10(14)8(7-15)5-12(9)17-16-11/h3-6H,2H2,1H3,(H,16,17)/b4-3+. The molecule has 0 aliphatic heterocycles. The molecule has 1 aromatic heterocycles. The zero-order valence-electron chi connectivity index (χ0n) is 10.1. The van der Waals surface area contributed by atoms with Crippen molar-refractivity contribution >= 4 is 38.9 Å². The van der Waals surface area contributed by atoms with Crippen molar-refractivity contribution in [1.29, 1.82) is 5.26 Å². The number of rotatable bonds is 3. The van der Waals surface area contributed by atoms with Gasteiger partial charge in [-0.2, -0.15) is 10.4 Å². The van der Waals surface area contributed by atoms with Crippen molar-refractivity contribution in [2.75, 3.05) is 6.61 Å². The van der Waals surface area contributed by atoms with Crippen molar-refractivity contribution in [3.05, 3.63) is 33.9 Å². The molecule has 0 aliphatic carbocycles. The smallest absolute Gasteiger partial charge is 0.330 e. The summed E-state index contributed by atoms with van der Waals surface area (Å²) in [6, 6.07) is 5.57. The average Bonchev–Trinajstić information content (AvgIpc) is 2.78. The minimum atomic E-state index is -0.411. The molecule has 2 rings (SSSR count). The summed E-state index contributed by atoms with van der Waals surface area (Å²) in [6.07, 6.45) is 2.90. The number of nitriles is 1. The SMILES string of the molecule is CCOC(=O)/C=C/c1n[nH]c2cc(C#N)c(Br)cc12. The lowest BCUT2D eigenvalue weighted by Gasteiger charge is -1.96. The molecule has 19 heavy (non-hydrogen) atoms. The quantitative estimate of drug-likeness (QED) is 0.697. The minimum Gasteiger partial charge on any atom is -0.463 e. The molecule has 1 aromatic carbocycles. The number of aromatic nitrogens is 2. The molecule has 96 valence electrons. The number of aromatic amines is 1. The van der Waals surface area contributed by atoms with E-state index in [4.69, 9.17) is 10.00 Å². The first-order valence-corrected chi connectivity index (χ1v) is 6.37. The molecule has 0 spiro atoms. The van der Waals surface area contributed by atoms with Gasteiger partial charge in [-0.15, -0.1) is 0 Å². The summed E-state index contributed by atoms with van der Waals surface area (Å²) in [7, 11) is 0. The van der Waals surface area contributed by atoms with Crippen molar-refractivity contribution in [1.82, 2.24) is 10.2 Å². The zero-order chi connectivity index (χ0) is 13.8. The number of nitrogens with one attached hydrogen (secondary N) is 1. The van der Waals surface area contributed by atoms with Gasteiger partial charge in [0, 0.05) is 15.9 Å². The molecular weight excluding hydrogens is 310 g/mol. The first-order valence-electron chi connectivity index (χ1n) is 5.58. The van der Waals surface area contributed by atoms with E-state index >= 15 is 0 Å². The topological polar surface area (TPSA) is 78.8 Å². The molecule has 0 saturated carbocycles. The largest absolute Gasteiger partial charge is 0.463 e. The number of H-pyrrole nitrogens is 1. The Bertz CT molecular complexity index is 698. The highest BCUT2D eigenvalue weighted by Crippen LogP contribution is 2.25. The van der Waals surface area contributed by atoms with Crippen molar-refractivity contribution in [3.8, 4) is 6.07 Å². The number of fused-ring (bicyclic) bond motifs is 1. The van der Waals surface area contributed by atoms with E-state index < -0.39 is 5.97 Å². The number of esters is 1. The third kappa shape index (κ3) is 2.83. The van der Waals surface area contributed by atoms with Crippen LogP contribution in [0.1, 0.15) is 18.2 Å². The van der Waals surface area contributed by atoms with E-state index in [0.717, 1.165) is 10.9 Å². The lowest BCUT2D eigenvalue weighted by Crippen LogP contribution is -1.98. The summed E-state index contributed by atoms with van der Waals surface area (Å²) in [6.45, 7) is 2.08. The average molecular weight is 320 g/mol. The molecule has 0 atom stereocenters. The van der Waals surface area contributed by atoms with Crippen LogP contribution in [0.3, 0.4) is 0 Å². The van der Waals surface area contributed by atoms with Crippen LogP contribution in [0, 0.1) is 11.3 Å². The highest BCUT2D eigenvalue weighted by atomic mass is 79.9. The molecule has 2 aromatic rings. The van der Waals surface area contributed by atoms with Crippen molar-refractivity contribution < 1.29 is 9.53 Å². The van der Waals surface area contributed by atoms with Gasteiger partial charge in [0.1, 0.15) is 6.07 Å². The zero-order valence-corrected chi connectivity index (χ0v) is 11.7. The monoisotopic (exact) mass is 319 g/mol. The molecule has 0 bridgehead atoms. The number of carbonyl (C=O) groups excluding carboxylic acids is 1. The predicted molar refractivity (Wildman–Crippen MR) is 74.2 cm³/mol. The summed E-state index contributed by atoms with van der Waals surface area (Å²) < 4.78 is 5.49. The highest BCUT2D eigenvalue weighted by Gasteiger charge is 2.08. The molecular formula is C13H10BrN3O2. The molecule has 0 aliphatic rings. The van der Waals surface area contributed by atoms with Gasteiger partial charge in [-0.1, -0.05) is 0 Å². The Hall–Kier alpha value is -2.13. The Morgan fingerprint density at radius 1 is 1.63 bits per heavy atom. The molecule has 6 heteroatoms. The second-order valence-electron chi connectivity index (χ2n) is 3.68. The molecule has 0 radical (unpaired) electrons. The fourth-order valence-corrected chi connectivity index (χ4v) is 2.04. The summed E-state index contributed by atoms with van der Waals surface area (Å²) >= 11 is 3.32. The number of hydrogen-bond acceptors (Lipinski definition) is 4. The Kier molecular flexibility index (Phi) is 3.97. The lowest BCUT2D eigenvalue weighted by atomic mass is 10.1. The summed E-state index contributed by atoms with van der Waals surface area (Å²) in [5.41, 5.74) is 1.88. The van der Waals surface area contributed by atoms with E-state index in [9.17, 15) is 4.79 Å². The number of ether oxygens (including phenoxy) is 1. The third-order valence-corrected chi connectivity index (χ3v) is 3.12. The second-order valence-corrected chi connectivity index (χ2v) is 4.54. The number of halogens is 1. The van der Waals surface area contributed by atoms with Gasteiger partial charge in [-0.05, 0) is 41.1 Å². The summed E-state index contributed by atoms with van der Waals surface area (Å²) in [5.74, 6) is -0.411. The number of carbonyl (C=O) groups is 1. The van der Waals surface area contributed by atoms with Crippen LogP contribution in [-0.2, 0) is 9.53 Å². The first-order chi connectivity index (χ1) is 9.15. The van der Waals surface area contributed by atoms with Gasteiger partial charge in [0.25, 0.3) is 0 Å². The molecule has 5 nitrogen and oxygen atoms in total. The number of nitrogens with zero attached hydrogens (tertiary/aromatic N) is 2.